The van der Waals surface area contributed by atoms with Crippen LogP contribution in [0, 0.1) is 24.2 Å². The smallest absolute Gasteiger partial charge is 0.256 e. The molecule has 0 saturated carbocycles. The number of pyridine rings is 1. The summed E-state index contributed by atoms with van der Waals surface area (Å²) >= 11 is 0. The summed E-state index contributed by atoms with van der Waals surface area (Å²) in [5, 5.41) is 17.7. The third-order valence-electron chi connectivity index (χ3n) is 5.23. The van der Waals surface area contributed by atoms with Gasteiger partial charge in [0.15, 0.2) is 11.6 Å². The van der Waals surface area contributed by atoms with Crippen LogP contribution in [0.3, 0.4) is 0 Å². The number of carbonyl (C=O) groups is 1. The van der Waals surface area contributed by atoms with Crippen LogP contribution in [0.25, 0.3) is 16.7 Å². The average molecular weight is 456 g/mol. The van der Waals surface area contributed by atoms with E-state index in [-0.39, 0.29) is 17.3 Å². The van der Waals surface area contributed by atoms with Gasteiger partial charge in [-0.25, -0.2) is 4.98 Å². The first-order chi connectivity index (χ1) is 16.4. The number of hydrogen-bond donors (Lipinski definition) is 1. The summed E-state index contributed by atoms with van der Waals surface area (Å²) in [5.41, 5.74) is 2.25. The second-order valence-corrected chi connectivity index (χ2v) is 8.27. The fourth-order valence-corrected chi connectivity index (χ4v) is 3.54. The van der Waals surface area contributed by atoms with Gasteiger partial charge in [0, 0.05) is 10.9 Å². The van der Waals surface area contributed by atoms with Gasteiger partial charge in [-0.2, -0.15) is 15.0 Å². The van der Waals surface area contributed by atoms with E-state index in [9.17, 15) is 10.1 Å². The second-order valence-electron chi connectivity index (χ2n) is 8.27. The molecule has 4 aromatic rings. The monoisotopic (exact) mass is 455 g/mol. The zero-order valence-electron chi connectivity index (χ0n) is 19.5. The highest BCUT2D eigenvalue weighted by atomic mass is 16.5. The van der Waals surface area contributed by atoms with E-state index >= 15 is 0 Å². The number of fused-ring (bicyclic) bond motifs is 1. The van der Waals surface area contributed by atoms with Crippen molar-refractivity contribution in [1.82, 2.24) is 14.8 Å². The van der Waals surface area contributed by atoms with Crippen molar-refractivity contribution in [3.05, 3.63) is 71.4 Å². The fraction of sp³-hybridized carbons (Fsp3) is 0.231. The van der Waals surface area contributed by atoms with Gasteiger partial charge >= 0.3 is 0 Å². The molecule has 8 heteroatoms. The highest BCUT2D eigenvalue weighted by Gasteiger charge is 2.19. The first-order valence-electron chi connectivity index (χ1n) is 10.9. The summed E-state index contributed by atoms with van der Waals surface area (Å²) in [7, 11) is 1.59. The van der Waals surface area contributed by atoms with Crippen LogP contribution < -0.4 is 14.8 Å². The van der Waals surface area contributed by atoms with Crippen molar-refractivity contribution in [2.24, 2.45) is 5.92 Å². The molecule has 0 saturated heterocycles. The van der Waals surface area contributed by atoms with Crippen molar-refractivity contribution in [2.75, 3.05) is 19.0 Å². The quantitative estimate of drug-likeness (QED) is 0.425. The van der Waals surface area contributed by atoms with Crippen molar-refractivity contribution >= 4 is 22.6 Å². The predicted octanol–water partition coefficient (Wildman–Crippen LogP) is 4.90. The van der Waals surface area contributed by atoms with Gasteiger partial charge in [0.05, 0.1) is 19.9 Å². The van der Waals surface area contributed by atoms with Crippen LogP contribution in [-0.2, 0) is 0 Å². The Kier molecular flexibility index (Phi) is 6.46. The van der Waals surface area contributed by atoms with Crippen molar-refractivity contribution in [3.8, 4) is 23.4 Å². The lowest BCUT2D eigenvalue weighted by Crippen LogP contribution is -2.17. The van der Waals surface area contributed by atoms with Crippen molar-refractivity contribution in [2.45, 2.75) is 20.8 Å². The molecule has 0 aliphatic rings. The Morgan fingerprint density at radius 2 is 2.00 bits per heavy atom. The van der Waals surface area contributed by atoms with E-state index in [1.807, 2.05) is 31.2 Å². The Morgan fingerprint density at radius 1 is 1.21 bits per heavy atom. The Morgan fingerprint density at radius 3 is 2.74 bits per heavy atom. The maximum Gasteiger partial charge on any atom is 0.256 e. The highest BCUT2D eigenvalue weighted by molar-refractivity contribution is 6.04. The standard InChI is InChI=1S/C26H25N5O3/c1-16(2)15-34-20-8-5-7-18(12-20)26(32)30-25-19(13-27)14-28-31(25)23-11-17(3)21-9-6-10-22(33-4)24(21)29-23/h5-12,14,16H,15H2,1-4H3,(H,30,32). The number of nitriles is 1. The first kappa shape index (κ1) is 22.8. The molecule has 0 unspecified atom stereocenters. The van der Waals surface area contributed by atoms with Gasteiger partial charge in [0.1, 0.15) is 28.6 Å². The molecule has 34 heavy (non-hydrogen) atoms. The van der Waals surface area contributed by atoms with Gasteiger partial charge in [-0.3, -0.25) is 4.79 Å². The van der Waals surface area contributed by atoms with E-state index in [4.69, 9.17) is 14.5 Å². The molecular formula is C26H25N5O3. The molecule has 0 spiro atoms. The van der Waals surface area contributed by atoms with Crippen LogP contribution in [0.15, 0.2) is 54.7 Å². The molecule has 1 amide bonds. The number of rotatable bonds is 7. The van der Waals surface area contributed by atoms with Gasteiger partial charge in [-0.15, -0.1) is 0 Å². The van der Waals surface area contributed by atoms with Crippen LogP contribution in [0.2, 0.25) is 0 Å². The van der Waals surface area contributed by atoms with Crippen LogP contribution in [0.1, 0.15) is 35.3 Å². The molecule has 0 bridgehead atoms. The number of nitrogens with one attached hydrogen (secondary N) is 1. The minimum atomic E-state index is -0.386. The topological polar surface area (TPSA) is 102 Å². The molecule has 1 N–H and O–H groups in total. The Labute approximate surface area is 197 Å². The summed E-state index contributed by atoms with van der Waals surface area (Å²) < 4.78 is 12.7. The molecule has 0 radical (unpaired) electrons. The zero-order valence-corrected chi connectivity index (χ0v) is 19.5. The summed E-state index contributed by atoms with van der Waals surface area (Å²) in [6.45, 7) is 6.62. The molecule has 0 aliphatic carbocycles. The zero-order chi connectivity index (χ0) is 24.2. The molecule has 172 valence electrons. The number of aryl methyl sites for hydroxylation is 1. The molecule has 0 fully saturated rings. The molecule has 2 aromatic heterocycles. The molecular weight excluding hydrogens is 430 g/mol. The van der Waals surface area contributed by atoms with E-state index in [0.717, 1.165) is 10.9 Å². The van der Waals surface area contributed by atoms with Gasteiger partial charge in [-0.1, -0.05) is 32.0 Å². The lowest BCUT2D eigenvalue weighted by atomic mass is 10.1. The Balaban J connectivity index is 1.71. The number of benzene rings is 2. The third-order valence-corrected chi connectivity index (χ3v) is 5.23. The van der Waals surface area contributed by atoms with E-state index in [0.29, 0.717) is 40.9 Å². The first-order valence-corrected chi connectivity index (χ1v) is 10.9. The van der Waals surface area contributed by atoms with E-state index in [1.54, 1.807) is 31.4 Å². The number of aromatic nitrogens is 3. The number of ether oxygens (including phenoxy) is 2. The van der Waals surface area contributed by atoms with Crippen LogP contribution in [-0.4, -0.2) is 34.4 Å². The van der Waals surface area contributed by atoms with Gasteiger partial charge in [0.25, 0.3) is 5.91 Å². The van der Waals surface area contributed by atoms with Crippen molar-refractivity contribution < 1.29 is 14.3 Å². The minimum absolute atomic E-state index is 0.222. The maximum atomic E-state index is 13.1. The maximum absolute atomic E-state index is 13.1. The normalized spacial score (nSPS) is 10.8. The average Bonchev–Trinajstić information content (AvgIpc) is 3.25. The van der Waals surface area contributed by atoms with Crippen molar-refractivity contribution in [1.29, 1.82) is 5.26 Å². The van der Waals surface area contributed by atoms with Gasteiger partial charge in [0.2, 0.25) is 0 Å². The number of amides is 1. The largest absolute Gasteiger partial charge is 0.494 e. The van der Waals surface area contributed by atoms with E-state index in [2.05, 4.69) is 30.3 Å². The summed E-state index contributed by atoms with van der Waals surface area (Å²) in [5.74, 6) is 1.90. The number of nitrogens with zero attached hydrogens (tertiary/aromatic N) is 4. The molecule has 0 atom stereocenters. The fourth-order valence-electron chi connectivity index (χ4n) is 3.54. The molecule has 0 aliphatic heterocycles. The number of hydrogen-bond acceptors (Lipinski definition) is 6. The number of methoxy groups -OCH3 is 1. The number of anilines is 1. The second kappa shape index (κ2) is 9.63. The van der Waals surface area contributed by atoms with Crippen LogP contribution >= 0.6 is 0 Å². The predicted molar refractivity (Wildman–Crippen MR) is 130 cm³/mol. The third kappa shape index (κ3) is 4.55. The van der Waals surface area contributed by atoms with Crippen LogP contribution in [0.5, 0.6) is 11.5 Å². The van der Waals surface area contributed by atoms with Gasteiger partial charge < -0.3 is 14.8 Å². The lowest BCUT2D eigenvalue weighted by molar-refractivity contribution is 0.102. The SMILES string of the molecule is COc1cccc2c(C)cc(-n3ncc(C#N)c3NC(=O)c3cccc(OCC(C)C)c3)nc12. The Bertz CT molecular complexity index is 1400. The molecule has 2 heterocycles. The summed E-state index contributed by atoms with van der Waals surface area (Å²) in [6.07, 6.45) is 1.40. The molecule has 2 aromatic carbocycles. The molecule has 8 nitrogen and oxygen atoms in total. The number of para-hydroxylation sites is 1. The molecule has 4 rings (SSSR count). The minimum Gasteiger partial charge on any atom is -0.494 e. The van der Waals surface area contributed by atoms with Crippen molar-refractivity contribution in [3.63, 3.8) is 0 Å². The lowest BCUT2D eigenvalue weighted by Gasteiger charge is -2.13. The van der Waals surface area contributed by atoms with E-state index < -0.39 is 0 Å². The highest BCUT2D eigenvalue weighted by Crippen LogP contribution is 2.29. The summed E-state index contributed by atoms with van der Waals surface area (Å²) in [4.78, 5) is 17.8. The summed E-state index contributed by atoms with van der Waals surface area (Å²) in [6, 6.07) is 16.6. The van der Waals surface area contributed by atoms with Gasteiger partial charge in [-0.05, 0) is 48.7 Å². The number of carbonyl (C=O) groups excluding carboxylic acids is 1. The van der Waals surface area contributed by atoms with E-state index in [1.165, 1.54) is 10.9 Å². The van der Waals surface area contributed by atoms with Crippen LogP contribution in [0.4, 0.5) is 5.82 Å². The Hall–Kier alpha value is -4.38.